The number of carbonyl (C=O) groups excluding carboxylic acids is 1. The van der Waals surface area contributed by atoms with Crippen molar-refractivity contribution in [1.82, 2.24) is 5.32 Å². The fourth-order valence-corrected chi connectivity index (χ4v) is 3.82. The third-order valence-electron chi connectivity index (χ3n) is 4.99. The highest BCUT2D eigenvalue weighted by atomic mass is 35.5. The average molecular weight is 490 g/mol. The van der Waals surface area contributed by atoms with Crippen LogP contribution < -0.4 is 10.1 Å². The third kappa shape index (κ3) is 5.83. The maximum Gasteiger partial charge on any atom is 0.338 e. The summed E-state index contributed by atoms with van der Waals surface area (Å²) in [5.41, 5.74) is 2.39. The number of hydrogen-bond donors (Lipinski definition) is 2. The van der Waals surface area contributed by atoms with Crippen LogP contribution in [0.1, 0.15) is 45.2 Å². The molecule has 0 saturated carbocycles. The molecule has 5 nitrogen and oxygen atoms in total. The Hall–Kier alpha value is -3.09. The first kappa shape index (κ1) is 24.6. The molecule has 1 amide bonds. The van der Waals surface area contributed by atoms with Gasteiger partial charge in [0.2, 0.25) is 0 Å². The summed E-state index contributed by atoms with van der Waals surface area (Å²) in [4.78, 5) is 24.0. The molecule has 0 spiro atoms. The topological polar surface area (TPSA) is 75.6 Å². The molecule has 0 fully saturated rings. The molecule has 3 rings (SSSR count). The van der Waals surface area contributed by atoms with E-state index in [1.165, 1.54) is 18.2 Å². The lowest BCUT2D eigenvalue weighted by Gasteiger charge is -2.15. The van der Waals surface area contributed by atoms with Gasteiger partial charge < -0.3 is 15.2 Å². The maximum absolute atomic E-state index is 14.0. The molecule has 8 heteroatoms. The number of nitrogens with one attached hydrogen (secondary N) is 1. The minimum absolute atomic E-state index is 0.136. The summed E-state index contributed by atoms with van der Waals surface area (Å²) in [6, 6.07) is 12.4. The number of benzene rings is 3. The van der Waals surface area contributed by atoms with Crippen LogP contribution in [0.4, 0.5) is 4.39 Å². The minimum atomic E-state index is -1.34. The van der Waals surface area contributed by atoms with Gasteiger partial charge >= 0.3 is 5.97 Å². The number of ether oxygens (including phenoxy) is 1. The van der Waals surface area contributed by atoms with Gasteiger partial charge in [-0.3, -0.25) is 4.79 Å². The van der Waals surface area contributed by atoms with Crippen LogP contribution >= 0.6 is 23.2 Å². The second-order valence-corrected chi connectivity index (χ2v) is 8.27. The van der Waals surface area contributed by atoms with E-state index >= 15 is 0 Å². The zero-order chi connectivity index (χ0) is 24.1. The Morgan fingerprint density at radius 1 is 1.06 bits per heavy atom. The van der Waals surface area contributed by atoms with Crippen LogP contribution in [-0.4, -0.2) is 23.6 Å². The van der Waals surface area contributed by atoms with Crippen molar-refractivity contribution < 1.29 is 23.8 Å². The molecule has 0 unspecified atom stereocenters. The molecule has 172 valence electrons. The minimum Gasteiger partial charge on any atom is -0.493 e. The van der Waals surface area contributed by atoms with Crippen LogP contribution in [-0.2, 0) is 6.54 Å². The van der Waals surface area contributed by atoms with Crippen molar-refractivity contribution in [3.63, 3.8) is 0 Å². The number of amides is 1. The van der Waals surface area contributed by atoms with Crippen LogP contribution in [0.5, 0.6) is 5.75 Å². The fourth-order valence-electron chi connectivity index (χ4n) is 3.33. The largest absolute Gasteiger partial charge is 0.493 e. The van der Waals surface area contributed by atoms with Gasteiger partial charge in [-0.1, -0.05) is 36.2 Å². The number of carboxylic acids is 1. The van der Waals surface area contributed by atoms with Gasteiger partial charge in [0.1, 0.15) is 11.6 Å². The first-order valence-corrected chi connectivity index (χ1v) is 11.0. The average Bonchev–Trinajstić information content (AvgIpc) is 2.76. The first-order valence-electron chi connectivity index (χ1n) is 10.2. The number of carboxylic acid groups (broad SMARTS) is 1. The van der Waals surface area contributed by atoms with E-state index in [1.54, 1.807) is 37.3 Å². The van der Waals surface area contributed by atoms with E-state index in [-0.39, 0.29) is 23.0 Å². The Balaban J connectivity index is 1.95. The molecule has 33 heavy (non-hydrogen) atoms. The molecule has 2 N–H and O–H groups in total. The summed E-state index contributed by atoms with van der Waals surface area (Å²) in [6.07, 6.45) is 0.799. The van der Waals surface area contributed by atoms with Crippen molar-refractivity contribution in [2.75, 3.05) is 6.61 Å². The molecule has 0 saturated heterocycles. The van der Waals surface area contributed by atoms with Crippen LogP contribution in [0.25, 0.3) is 11.1 Å². The summed E-state index contributed by atoms with van der Waals surface area (Å²) in [6.45, 7) is 4.31. The van der Waals surface area contributed by atoms with Crippen molar-refractivity contribution in [1.29, 1.82) is 0 Å². The predicted molar refractivity (Wildman–Crippen MR) is 127 cm³/mol. The molecule has 0 atom stereocenters. The maximum atomic E-state index is 14.0. The summed E-state index contributed by atoms with van der Waals surface area (Å²) < 4.78 is 19.9. The molecule has 0 radical (unpaired) electrons. The van der Waals surface area contributed by atoms with Crippen LogP contribution in [0.3, 0.4) is 0 Å². The lowest BCUT2D eigenvalue weighted by molar-refractivity contribution is 0.0691. The summed E-state index contributed by atoms with van der Waals surface area (Å²) >= 11 is 12.0. The molecular weight excluding hydrogens is 468 g/mol. The number of halogens is 3. The van der Waals surface area contributed by atoms with Crippen LogP contribution in [0.2, 0.25) is 10.0 Å². The first-order chi connectivity index (χ1) is 15.7. The van der Waals surface area contributed by atoms with Gasteiger partial charge in [0.15, 0.2) is 0 Å². The molecule has 3 aromatic rings. The van der Waals surface area contributed by atoms with E-state index in [2.05, 4.69) is 5.32 Å². The quantitative estimate of drug-likeness (QED) is 0.377. The number of hydrogen-bond acceptors (Lipinski definition) is 3. The van der Waals surface area contributed by atoms with Gasteiger partial charge in [-0.25, -0.2) is 9.18 Å². The molecule has 0 aliphatic carbocycles. The normalized spacial score (nSPS) is 10.7. The highest BCUT2D eigenvalue weighted by molar-refractivity contribution is 6.36. The zero-order valence-electron chi connectivity index (χ0n) is 18.0. The lowest BCUT2D eigenvalue weighted by Crippen LogP contribution is -2.23. The van der Waals surface area contributed by atoms with E-state index < -0.39 is 17.3 Å². The second kappa shape index (κ2) is 10.7. The molecule has 0 bridgehead atoms. The summed E-state index contributed by atoms with van der Waals surface area (Å²) in [7, 11) is 0. The summed E-state index contributed by atoms with van der Waals surface area (Å²) in [5.74, 6) is -1.93. The Kier molecular flexibility index (Phi) is 7.95. The van der Waals surface area contributed by atoms with Crippen LogP contribution in [0.15, 0.2) is 48.5 Å². The van der Waals surface area contributed by atoms with Crippen molar-refractivity contribution in [2.24, 2.45) is 0 Å². The Bertz CT molecular complexity index is 1210. The number of aromatic carboxylic acids is 1. The standard InChI is InChI=1S/C25H22Cl2FNO4/c1-3-8-33-23-7-4-15(19-12-20(25(31)32)22(28)9-14(19)2)10-16(23)13-29-24(30)18-6-5-17(26)11-21(18)27/h4-7,9-12H,3,8,13H2,1-2H3,(H,29,30)(H,31,32). The van der Waals surface area contributed by atoms with Crippen molar-refractivity contribution in [3.05, 3.63) is 86.6 Å². The van der Waals surface area contributed by atoms with E-state index in [9.17, 15) is 19.1 Å². The highest BCUT2D eigenvalue weighted by Gasteiger charge is 2.17. The Morgan fingerprint density at radius 3 is 2.48 bits per heavy atom. The second-order valence-electron chi connectivity index (χ2n) is 7.43. The Labute approximate surface area is 201 Å². The van der Waals surface area contributed by atoms with Gasteiger partial charge in [0.25, 0.3) is 5.91 Å². The van der Waals surface area contributed by atoms with Gasteiger partial charge in [-0.2, -0.15) is 0 Å². The van der Waals surface area contributed by atoms with E-state index in [4.69, 9.17) is 27.9 Å². The number of rotatable bonds is 8. The van der Waals surface area contributed by atoms with Gasteiger partial charge in [-0.15, -0.1) is 0 Å². The molecule has 0 heterocycles. The van der Waals surface area contributed by atoms with Gasteiger partial charge in [0.05, 0.1) is 22.8 Å². The lowest BCUT2D eigenvalue weighted by atomic mass is 9.96. The fraction of sp³-hybridized carbons (Fsp3) is 0.200. The zero-order valence-corrected chi connectivity index (χ0v) is 19.6. The van der Waals surface area contributed by atoms with Crippen molar-refractivity contribution in [2.45, 2.75) is 26.8 Å². The molecule has 0 aromatic heterocycles. The molecule has 0 aliphatic heterocycles. The molecule has 3 aromatic carbocycles. The smallest absolute Gasteiger partial charge is 0.338 e. The number of aryl methyl sites for hydroxylation is 1. The van der Waals surface area contributed by atoms with E-state index in [0.29, 0.717) is 39.6 Å². The monoisotopic (exact) mass is 489 g/mol. The highest BCUT2D eigenvalue weighted by Crippen LogP contribution is 2.31. The van der Waals surface area contributed by atoms with E-state index in [1.807, 2.05) is 6.92 Å². The summed E-state index contributed by atoms with van der Waals surface area (Å²) in [5, 5.41) is 12.8. The van der Waals surface area contributed by atoms with Gasteiger partial charge in [-0.05, 0) is 72.5 Å². The van der Waals surface area contributed by atoms with Gasteiger partial charge in [0, 0.05) is 17.1 Å². The SMILES string of the molecule is CCCOc1ccc(-c2cc(C(=O)O)c(F)cc2C)cc1CNC(=O)c1ccc(Cl)cc1Cl. The van der Waals surface area contributed by atoms with E-state index in [0.717, 1.165) is 6.42 Å². The number of carbonyl (C=O) groups is 2. The third-order valence-corrected chi connectivity index (χ3v) is 5.54. The Morgan fingerprint density at radius 2 is 1.82 bits per heavy atom. The predicted octanol–water partition coefficient (Wildman–Crippen LogP) is 6.52. The van der Waals surface area contributed by atoms with Crippen molar-refractivity contribution in [3.8, 4) is 16.9 Å². The van der Waals surface area contributed by atoms with Crippen molar-refractivity contribution >= 4 is 35.1 Å². The molecule has 0 aliphatic rings. The van der Waals surface area contributed by atoms with Crippen LogP contribution in [0, 0.1) is 12.7 Å². The molecular formula is C25H22Cl2FNO4.